The van der Waals surface area contributed by atoms with Crippen LogP contribution < -0.4 is 34.9 Å². The van der Waals surface area contributed by atoms with Crippen LogP contribution in [0.4, 0.5) is 10.5 Å². The van der Waals surface area contributed by atoms with Gasteiger partial charge in [0.05, 0.1) is 7.11 Å². The molecule has 0 radical (unpaired) electrons. The van der Waals surface area contributed by atoms with E-state index in [-0.39, 0.29) is 34.5 Å². The first-order valence-electron chi connectivity index (χ1n) is 3.68. The second kappa shape index (κ2) is 6.97. The Morgan fingerprint density at radius 2 is 1.93 bits per heavy atom. The Balaban J connectivity index is 0.00000196. The van der Waals surface area contributed by atoms with Gasteiger partial charge in [0.25, 0.3) is 0 Å². The van der Waals surface area contributed by atoms with Crippen LogP contribution in [0.15, 0.2) is 29.2 Å². The molecule has 7 heteroatoms. The van der Waals surface area contributed by atoms with Gasteiger partial charge < -0.3 is 9.29 Å². The SMILES string of the molecule is COC(=O)Nc1ccc(S(=O)[O-])cc1.[Na+]. The van der Waals surface area contributed by atoms with E-state index in [1.54, 1.807) is 0 Å². The quantitative estimate of drug-likeness (QED) is 0.481. The van der Waals surface area contributed by atoms with Crippen molar-refractivity contribution in [3.05, 3.63) is 24.3 Å². The monoisotopic (exact) mass is 237 g/mol. The van der Waals surface area contributed by atoms with E-state index in [4.69, 9.17) is 0 Å². The van der Waals surface area contributed by atoms with E-state index in [0.29, 0.717) is 5.69 Å². The number of carbonyl (C=O) groups is 1. The zero-order valence-corrected chi connectivity index (χ0v) is 11.2. The zero-order chi connectivity index (χ0) is 10.6. The number of anilines is 1. The average molecular weight is 237 g/mol. The Kier molecular flexibility index (Phi) is 6.78. The van der Waals surface area contributed by atoms with Gasteiger partial charge in [0.2, 0.25) is 0 Å². The van der Waals surface area contributed by atoms with Gasteiger partial charge in [-0.25, -0.2) is 4.79 Å². The van der Waals surface area contributed by atoms with Crippen molar-refractivity contribution in [2.45, 2.75) is 4.90 Å². The summed E-state index contributed by atoms with van der Waals surface area (Å²) in [6.07, 6.45) is -0.596. The number of ether oxygens (including phenoxy) is 1. The zero-order valence-electron chi connectivity index (χ0n) is 8.35. The summed E-state index contributed by atoms with van der Waals surface area (Å²) in [6.45, 7) is 0. The van der Waals surface area contributed by atoms with Gasteiger partial charge in [0.1, 0.15) is 0 Å². The molecule has 1 unspecified atom stereocenters. The average Bonchev–Trinajstić information content (AvgIpc) is 2.18. The maximum atomic E-state index is 10.7. The number of hydrogen-bond acceptors (Lipinski definition) is 4. The Morgan fingerprint density at radius 3 is 2.33 bits per heavy atom. The summed E-state index contributed by atoms with van der Waals surface area (Å²) in [5, 5.41) is 2.40. The van der Waals surface area contributed by atoms with Crippen molar-refractivity contribution in [2.75, 3.05) is 12.4 Å². The van der Waals surface area contributed by atoms with Gasteiger partial charge in [0, 0.05) is 10.6 Å². The van der Waals surface area contributed by atoms with Crippen LogP contribution >= 0.6 is 0 Å². The molecule has 0 aromatic heterocycles. The number of benzene rings is 1. The second-order valence-corrected chi connectivity index (χ2v) is 3.32. The maximum Gasteiger partial charge on any atom is 1.00 e. The minimum absolute atomic E-state index is 0. The number of methoxy groups -OCH3 is 1. The summed E-state index contributed by atoms with van der Waals surface area (Å²) in [6, 6.07) is 5.72. The molecule has 0 spiro atoms. The number of rotatable bonds is 2. The molecule has 0 heterocycles. The first-order chi connectivity index (χ1) is 6.63. The van der Waals surface area contributed by atoms with Gasteiger partial charge in [-0.05, 0) is 35.3 Å². The van der Waals surface area contributed by atoms with Gasteiger partial charge in [-0.1, -0.05) is 0 Å². The molecule has 0 aliphatic rings. The fourth-order valence-electron chi connectivity index (χ4n) is 0.818. The largest absolute Gasteiger partial charge is 1.00 e. The van der Waals surface area contributed by atoms with Gasteiger partial charge in [0.15, 0.2) is 0 Å². The van der Waals surface area contributed by atoms with Crippen molar-refractivity contribution in [1.29, 1.82) is 0 Å². The summed E-state index contributed by atoms with van der Waals surface area (Å²) in [7, 11) is 1.25. The third kappa shape index (κ3) is 4.76. The molecule has 0 aliphatic heterocycles. The smallest absolute Gasteiger partial charge is 0.768 e. The van der Waals surface area contributed by atoms with E-state index in [2.05, 4.69) is 10.1 Å². The third-order valence-corrected chi connectivity index (χ3v) is 2.14. The molecule has 1 aromatic carbocycles. The number of hydrogen-bond donors (Lipinski definition) is 1. The second-order valence-electron chi connectivity index (χ2n) is 2.38. The van der Waals surface area contributed by atoms with E-state index >= 15 is 0 Å². The normalized spacial score (nSPS) is 11.1. The van der Waals surface area contributed by atoms with Crippen LogP contribution in [0.2, 0.25) is 0 Å². The first-order valence-corrected chi connectivity index (χ1v) is 4.75. The molecule has 1 amide bonds. The van der Waals surface area contributed by atoms with Gasteiger partial charge >= 0.3 is 35.7 Å². The Bertz CT molecular complexity index is 354. The molecule has 0 saturated heterocycles. The van der Waals surface area contributed by atoms with Crippen LogP contribution in [0.3, 0.4) is 0 Å². The van der Waals surface area contributed by atoms with Crippen molar-refractivity contribution >= 4 is 22.9 Å². The molecule has 0 aliphatic carbocycles. The van der Waals surface area contributed by atoms with Crippen molar-refractivity contribution in [3.63, 3.8) is 0 Å². The standard InChI is InChI=1S/C8H9NO4S.Na/c1-13-8(10)9-6-2-4-7(5-3-6)14(11)12;/h2-5H,1H3,(H,9,10)(H,11,12);/q;+1/p-1. The minimum atomic E-state index is -2.25. The van der Waals surface area contributed by atoms with Crippen LogP contribution in [0.25, 0.3) is 0 Å². The fourth-order valence-corrected chi connectivity index (χ4v) is 1.18. The van der Waals surface area contributed by atoms with Crippen LogP contribution in [0, 0.1) is 0 Å². The van der Waals surface area contributed by atoms with E-state index in [1.807, 2.05) is 0 Å². The van der Waals surface area contributed by atoms with E-state index < -0.39 is 17.2 Å². The molecule has 15 heavy (non-hydrogen) atoms. The number of amides is 1. The molecular weight excluding hydrogens is 229 g/mol. The summed E-state index contributed by atoms with van der Waals surface area (Å²) >= 11 is -2.25. The molecule has 0 bridgehead atoms. The molecular formula is C8H8NNaO4S. The van der Waals surface area contributed by atoms with Crippen LogP contribution in [-0.4, -0.2) is 22.0 Å². The molecule has 0 fully saturated rings. The topological polar surface area (TPSA) is 78.5 Å². The van der Waals surface area contributed by atoms with Gasteiger partial charge in [-0.2, -0.15) is 0 Å². The molecule has 1 atom stereocenters. The van der Waals surface area contributed by atoms with Crippen LogP contribution in [-0.2, 0) is 15.8 Å². The molecule has 1 rings (SSSR count). The molecule has 0 saturated carbocycles. The van der Waals surface area contributed by atoms with Gasteiger partial charge in [-0.3, -0.25) is 9.53 Å². The van der Waals surface area contributed by atoms with E-state index in [9.17, 15) is 13.6 Å². The minimum Gasteiger partial charge on any atom is -0.768 e. The van der Waals surface area contributed by atoms with Crippen molar-refractivity contribution in [2.24, 2.45) is 0 Å². The molecule has 5 nitrogen and oxygen atoms in total. The van der Waals surface area contributed by atoms with Crippen molar-refractivity contribution < 1.29 is 47.9 Å². The summed E-state index contributed by atoms with van der Waals surface area (Å²) in [5.74, 6) is 0. The fraction of sp³-hybridized carbons (Fsp3) is 0.125. The molecule has 1 N–H and O–H groups in total. The van der Waals surface area contributed by atoms with Crippen molar-refractivity contribution in [3.8, 4) is 0 Å². The molecule has 1 aromatic rings. The van der Waals surface area contributed by atoms with E-state index in [1.165, 1.54) is 31.4 Å². The Morgan fingerprint density at radius 1 is 1.40 bits per heavy atom. The van der Waals surface area contributed by atoms with Gasteiger partial charge in [-0.15, -0.1) is 0 Å². The first kappa shape index (κ1) is 14.6. The summed E-state index contributed by atoms with van der Waals surface area (Å²) in [5.41, 5.74) is 0.478. The summed E-state index contributed by atoms with van der Waals surface area (Å²) < 4.78 is 25.3. The van der Waals surface area contributed by atoms with Crippen LogP contribution in [0.5, 0.6) is 0 Å². The Hall–Kier alpha value is -0.400. The number of nitrogens with one attached hydrogen (secondary N) is 1. The Labute approximate surface area is 112 Å². The molecule has 76 valence electrons. The van der Waals surface area contributed by atoms with Crippen molar-refractivity contribution in [1.82, 2.24) is 0 Å². The predicted molar refractivity (Wildman–Crippen MR) is 49.7 cm³/mol. The van der Waals surface area contributed by atoms with E-state index in [0.717, 1.165) is 0 Å². The third-order valence-electron chi connectivity index (χ3n) is 1.48. The summed E-state index contributed by atoms with van der Waals surface area (Å²) in [4.78, 5) is 10.9. The van der Waals surface area contributed by atoms with Crippen LogP contribution in [0.1, 0.15) is 0 Å². The number of carbonyl (C=O) groups excluding carboxylic acids is 1. The maximum absolute atomic E-state index is 10.7. The predicted octanol–water partition coefficient (Wildman–Crippen LogP) is -1.89.